The first-order valence-electron chi connectivity index (χ1n) is 4.88. The molecule has 1 aromatic rings. The third-order valence-corrected chi connectivity index (χ3v) is 2.30. The van der Waals surface area contributed by atoms with Crippen LogP contribution in [0.2, 0.25) is 0 Å². The van der Waals surface area contributed by atoms with Crippen LogP contribution in [0.5, 0.6) is 0 Å². The zero-order valence-corrected chi connectivity index (χ0v) is 8.50. The van der Waals surface area contributed by atoms with Crippen LogP contribution in [-0.2, 0) is 0 Å². The molecule has 15 heavy (non-hydrogen) atoms. The molecule has 0 heterocycles. The zero-order valence-electron chi connectivity index (χ0n) is 8.50. The maximum absolute atomic E-state index is 9.70. The lowest BCUT2D eigenvalue weighted by atomic mass is 10.0. The normalized spacial score (nSPS) is 14.6. The molecule has 0 aliphatic rings. The van der Waals surface area contributed by atoms with E-state index in [0.29, 0.717) is 5.56 Å². The van der Waals surface area contributed by atoms with Crippen molar-refractivity contribution in [3.8, 4) is 0 Å². The molecule has 2 atom stereocenters. The molecule has 0 fully saturated rings. The number of rotatable bonds is 5. The lowest BCUT2D eigenvalue weighted by Gasteiger charge is -2.17. The second kappa shape index (κ2) is 5.66. The molecule has 3 N–H and O–H groups in total. The Balaban J connectivity index is 2.73. The average Bonchev–Trinajstić information content (AvgIpc) is 2.28. The highest BCUT2D eigenvalue weighted by atomic mass is 16.3. The number of aliphatic hydroxyl groups is 3. The SMILES string of the molecule is C=Cc1ccc(C(O)C(O)CCO)cc1. The van der Waals surface area contributed by atoms with Crippen LogP contribution in [0.4, 0.5) is 0 Å². The smallest absolute Gasteiger partial charge is 0.105 e. The third-order valence-electron chi connectivity index (χ3n) is 2.30. The molecular weight excluding hydrogens is 192 g/mol. The molecule has 0 radical (unpaired) electrons. The molecule has 1 aromatic carbocycles. The topological polar surface area (TPSA) is 60.7 Å². The van der Waals surface area contributed by atoms with Crippen LogP contribution < -0.4 is 0 Å². The van der Waals surface area contributed by atoms with Gasteiger partial charge in [-0.05, 0) is 17.5 Å². The first-order chi connectivity index (χ1) is 7.19. The van der Waals surface area contributed by atoms with Crippen molar-refractivity contribution < 1.29 is 15.3 Å². The predicted octanol–water partition coefficient (Wildman–Crippen LogP) is 1.11. The minimum atomic E-state index is -0.948. The van der Waals surface area contributed by atoms with E-state index in [1.165, 1.54) is 0 Å². The van der Waals surface area contributed by atoms with Gasteiger partial charge in [0.2, 0.25) is 0 Å². The van der Waals surface area contributed by atoms with Crippen molar-refractivity contribution in [1.82, 2.24) is 0 Å². The number of hydrogen-bond donors (Lipinski definition) is 3. The Morgan fingerprint density at radius 1 is 1.20 bits per heavy atom. The summed E-state index contributed by atoms with van der Waals surface area (Å²) in [6.07, 6.45) is 0.00520. The largest absolute Gasteiger partial charge is 0.396 e. The highest BCUT2D eigenvalue weighted by molar-refractivity contribution is 5.47. The first kappa shape index (κ1) is 11.9. The summed E-state index contributed by atoms with van der Waals surface area (Å²) in [5.74, 6) is 0. The minimum Gasteiger partial charge on any atom is -0.396 e. The van der Waals surface area contributed by atoms with Gasteiger partial charge in [-0.2, -0.15) is 0 Å². The Bertz CT molecular complexity index is 305. The van der Waals surface area contributed by atoms with Crippen LogP contribution in [0.1, 0.15) is 23.7 Å². The minimum absolute atomic E-state index is 0.136. The summed E-state index contributed by atoms with van der Waals surface area (Å²) in [6.45, 7) is 3.49. The second-order valence-corrected chi connectivity index (χ2v) is 3.40. The van der Waals surface area contributed by atoms with Gasteiger partial charge in [0, 0.05) is 6.61 Å². The van der Waals surface area contributed by atoms with Gasteiger partial charge in [0.1, 0.15) is 6.10 Å². The van der Waals surface area contributed by atoms with Gasteiger partial charge >= 0.3 is 0 Å². The molecule has 3 nitrogen and oxygen atoms in total. The fourth-order valence-corrected chi connectivity index (χ4v) is 1.34. The molecule has 0 aliphatic heterocycles. The zero-order chi connectivity index (χ0) is 11.3. The quantitative estimate of drug-likeness (QED) is 0.679. The van der Waals surface area contributed by atoms with Crippen molar-refractivity contribution in [3.63, 3.8) is 0 Å². The molecule has 2 unspecified atom stereocenters. The summed E-state index contributed by atoms with van der Waals surface area (Å²) in [6, 6.07) is 7.11. The Labute approximate surface area is 89.3 Å². The lowest BCUT2D eigenvalue weighted by molar-refractivity contribution is 0.00422. The van der Waals surface area contributed by atoms with Gasteiger partial charge in [0.05, 0.1) is 6.10 Å². The van der Waals surface area contributed by atoms with Crippen molar-refractivity contribution in [2.45, 2.75) is 18.6 Å². The second-order valence-electron chi connectivity index (χ2n) is 3.40. The maximum atomic E-state index is 9.70. The molecule has 3 heteroatoms. The number of aliphatic hydroxyl groups excluding tert-OH is 3. The van der Waals surface area contributed by atoms with E-state index in [1.807, 2.05) is 12.1 Å². The van der Waals surface area contributed by atoms with Gasteiger partial charge in [0.15, 0.2) is 0 Å². The third kappa shape index (κ3) is 3.16. The van der Waals surface area contributed by atoms with E-state index in [9.17, 15) is 10.2 Å². The van der Waals surface area contributed by atoms with Crippen LogP contribution in [0.25, 0.3) is 6.08 Å². The molecular formula is C12H16O3. The molecule has 82 valence electrons. The Morgan fingerprint density at radius 2 is 1.80 bits per heavy atom. The van der Waals surface area contributed by atoms with Crippen molar-refractivity contribution in [2.24, 2.45) is 0 Å². The summed E-state index contributed by atoms with van der Waals surface area (Å²) < 4.78 is 0. The van der Waals surface area contributed by atoms with E-state index >= 15 is 0 Å². The van der Waals surface area contributed by atoms with Gasteiger partial charge in [-0.15, -0.1) is 0 Å². The molecule has 1 rings (SSSR count). The standard InChI is InChI=1S/C12H16O3/c1-2-9-3-5-10(6-4-9)12(15)11(14)7-8-13/h2-6,11-15H,1,7-8H2. The van der Waals surface area contributed by atoms with Gasteiger partial charge in [-0.25, -0.2) is 0 Å². The van der Waals surface area contributed by atoms with E-state index in [1.54, 1.807) is 18.2 Å². The maximum Gasteiger partial charge on any atom is 0.105 e. The van der Waals surface area contributed by atoms with Gasteiger partial charge in [-0.1, -0.05) is 36.9 Å². The highest BCUT2D eigenvalue weighted by Crippen LogP contribution is 2.19. The fraction of sp³-hybridized carbons (Fsp3) is 0.333. The van der Waals surface area contributed by atoms with Gasteiger partial charge < -0.3 is 15.3 Å². The lowest BCUT2D eigenvalue weighted by Crippen LogP contribution is -2.19. The van der Waals surface area contributed by atoms with Crippen LogP contribution in [-0.4, -0.2) is 28.0 Å². The highest BCUT2D eigenvalue weighted by Gasteiger charge is 2.17. The Morgan fingerprint density at radius 3 is 2.27 bits per heavy atom. The van der Waals surface area contributed by atoms with E-state index in [-0.39, 0.29) is 13.0 Å². The van der Waals surface area contributed by atoms with Gasteiger partial charge in [-0.3, -0.25) is 0 Å². The molecule has 0 saturated heterocycles. The first-order valence-corrected chi connectivity index (χ1v) is 4.88. The van der Waals surface area contributed by atoms with E-state index in [0.717, 1.165) is 5.56 Å². The van der Waals surface area contributed by atoms with Crippen molar-refractivity contribution in [2.75, 3.05) is 6.61 Å². The van der Waals surface area contributed by atoms with E-state index < -0.39 is 12.2 Å². The molecule has 0 aromatic heterocycles. The van der Waals surface area contributed by atoms with Crippen LogP contribution >= 0.6 is 0 Å². The van der Waals surface area contributed by atoms with E-state index in [2.05, 4.69) is 6.58 Å². The molecule has 0 bridgehead atoms. The summed E-state index contributed by atoms with van der Waals surface area (Å²) in [4.78, 5) is 0. The van der Waals surface area contributed by atoms with Crippen molar-refractivity contribution >= 4 is 6.08 Å². The van der Waals surface area contributed by atoms with E-state index in [4.69, 9.17) is 5.11 Å². The Hall–Kier alpha value is -1.16. The van der Waals surface area contributed by atoms with Crippen molar-refractivity contribution in [1.29, 1.82) is 0 Å². The molecule has 0 aliphatic carbocycles. The van der Waals surface area contributed by atoms with Crippen LogP contribution in [0.3, 0.4) is 0 Å². The van der Waals surface area contributed by atoms with Gasteiger partial charge in [0.25, 0.3) is 0 Å². The van der Waals surface area contributed by atoms with Crippen LogP contribution in [0.15, 0.2) is 30.8 Å². The van der Waals surface area contributed by atoms with Crippen LogP contribution in [0, 0.1) is 0 Å². The summed E-state index contributed by atoms with van der Waals surface area (Å²) in [5.41, 5.74) is 1.60. The Kier molecular flexibility index (Phi) is 4.49. The average molecular weight is 208 g/mol. The summed E-state index contributed by atoms with van der Waals surface area (Å²) in [5, 5.41) is 27.8. The predicted molar refractivity (Wildman–Crippen MR) is 59.2 cm³/mol. The fourth-order valence-electron chi connectivity index (χ4n) is 1.34. The monoisotopic (exact) mass is 208 g/mol. The number of hydrogen-bond acceptors (Lipinski definition) is 3. The molecule has 0 amide bonds. The summed E-state index contributed by atoms with van der Waals surface area (Å²) >= 11 is 0. The summed E-state index contributed by atoms with van der Waals surface area (Å²) in [7, 11) is 0. The molecule has 0 spiro atoms. The number of benzene rings is 1. The van der Waals surface area contributed by atoms with Crippen molar-refractivity contribution in [3.05, 3.63) is 42.0 Å². The molecule has 0 saturated carbocycles.